The summed E-state index contributed by atoms with van der Waals surface area (Å²) in [4.78, 5) is 13.8. The first-order valence-corrected chi connectivity index (χ1v) is 11.8. The smallest absolute Gasteiger partial charge is 0.337 e. The average Bonchev–Trinajstić information content (AvgIpc) is 2.83. The van der Waals surface area contributed by atoms with Gasteiger partial charge in [-0.15, -0.1) is 0 Å². The number of hydrogen-bond donors (Lipinski definition) is 3. The molecule has 0 aromatic heterocycles. The summed E-state index contributed by atoms with van der Waals surface area (Å²) >= 11 is 0. The second-order valence-corrected chi connectivity index (χ2v) is 8.18. The highest BCUT2D eigenvalue weighted by Gasteiger charge is 2.09. The maximum atomic E-state index is 11.4. The zero-order valence-corrected chi connectivity index (χ0v) is 19.7. The highest BCUT2D eigenvalue weighted by molar-refractivity contribution is 5.95. The minimum Gasteiger partial charge on any atom is -0.478 e. The van der Waals surface area contributed by atoms with Crippen molar-refractivity contribution >= 4 is 23.0 Å². The van der Waals surface area contributed by atoms with Crippen LogP contribution in [0.1, 0.15) is 41.8 Å². The molecule has 174 valence electrons. The summed E-state index contributed by atoms with van der Waals surface area (Å²) in [7, 11) is 0. The van der Waals surface area contributed by atoms with E-state index in [1.165, 1.54) is 16.8 Å². The second kappa shape index (κ2) is 12.7. The number of nitrogens with one attached hydrogen (secondary N) is 2. The summed E-state index contributed by atoms with van der Waals surface area (Å²) in [5.41, 5.74) is 5.53. The molecule has 0 amide bonds. The van der Waals surface area contributed by atoms with Crippen LogP contribution in [0.15, 0.2) is 72.8 Å². The Kier molecular flexibility index (Phi) is 9.33. The van der Waals surface area contributed by atoms with Gasteiger partial charge in [-0.3, -0.25) is 0 Å². The number of rotatable bonds is 13. The van der Waals surface area contributed by atoms with Crippen molar-refractivity contribution in [3.8, 4) is 0 Å². The van der Waals surface area contributed by atoms with Crippen LogP contribution in [0.3, 0.4) is 0 Å². The molecule has 0 aliphatic heterocycles. The van der Waals surface area contributed by atoms with E-state index in [1.807, 2.05) is 18.2 Å². The molecular weight excluding hydrogens is 410 g/mol. The van der Waals surface area contributed by atoms with Gasteiger partial charge >= 0.3 is 5.97 Å². The van der Waals surface area contributed by atoms with E-state index >= 15 is 0 Å². The Morgan fingerprint density at radius 2 is 1.58 bits per heavy atom. The zero-order valence-electron chi connectivity index (χ0n) is 19.7. The fourth-order valence-electron chi connectivity index (χ4n) is 3.92. The first-order valence-electron chi connectivity index (χ1n) is 11.8. The van der Waals surface area contributed by atoms with Crippen molar-refractivity contribution in [3.63, 3.8) is 0 Å². The van der Waals surface area contributed by atoms with Crippen molar-refractivity contribution in [2.24, 2.45) is 0 Å². The van der Waals surface area contributed by atoms with Crippen molar-refractivity contribution in [1.29, 1.82) is 0 Å². The molecular formula is C28H35N3O2. The van der Waals surface area contributed by atoms with Crippen molar-refractivity contribution in [2.45, 2.75) is 33.1 Å². The van der Waals surface area contributed by atoms with Gasteiger partial charge in [0.05, 0.1) is 11.3 Å². The molecule has 3 aromatic rings. The Bertz CT molecular complexity index is 1010. The predicted molar refractivity (Wildman–Crippen MR) is 138 cm³/mol. The number of carbonyl (C=O) groups is 1. The van der Waals surface area contributed by atoms with Crippen LogP contribution >= 0.6 is 0 Å². The number of hydrogen-bond acceptors (Lipinski definition) is 4. The summed E-state index contributed by atoms with van der Waals surface area (Å²) in [6.07, 6.45) is 3.06. The molecule has 0 bridgehead atoms. The predicted octanol–water partition coefficient (Wildman–Crippen LogP) is 6.06. The summed E-state index contributed by atoms with van der Waals surface area (Å²) < 4.78 is 0. The van der Waals surface area contributed by atoms with Crippen LogP contribution in [0.25, 0.3) is 0 Å². The van der Waals surface area contributed by atoms with Crippen LogP contribution in [0.2, 0.25) is 0 Å². The number of carboxylic acid groups (broad SMARTS) is 1. The summed E-state index contributed by atoms with van der Waals surface area (Å²) in [6.45, 7) is 8.59. The van der Waals surface area contributed by atoms with Gasteiger partial charge in [0, 0.05) is 24.5 Å². The van der Waals surface area contributed by atoms with E-state index < -0.39 is 5.97 Å². The largest absolute Gasteiger partial charge is 0.478 e. The number of aromatic carboxylic acids is 1. The van der Waals surface area contributed by atoms with Crippen molar-refractivity contribution < 1.29 is 9.90 Å². The molecule has 5 heteroatoms. The van der Waals surface area contributed by atoms with Gasteiger partial charge < -0.3 is 20.6 Å². The second-order valence-electron chi connectivity index (χ2n) is 8.18. The SMILES string of the molecule is CCN(CC)CCNc1ccc(CCCc2cccc(Nc3ccccc3C(=O)O)c2)cc1. The Balaban J connectivity index is 1.48. The Hall–Kier alpha value is -3.31. The van der Waals surface area contributed by atoms with Gasteiger partial charge in [0.1, 0.15) is 0 Å². The fourth-order valence-corrected chi connectivity index (χ4v) is 3.92. The van der Waals surface area contributed by atoms with Crippen LogP contribution in [-0.2, 0) is 12.8 Å². The number of aryl methyl sites for hydroxylation is 2. The molecule has 5 nitrogen and oxygen atoms in total. The minimum absolute atomic E-state index is 0.272. The van der Waals surface area contributed by atoms with Crippen LogP contribution in [0, 0.1) is 0 Å². The molecule has 33 heavy (non-hydrogen) atoms. The number of nitrogens with zero attached hydrogens (tertiary/aromatic N) is 1. The van der Waals surface area contributed by atoms with Gasteiger partial charge in [0.2, 0.25) is 0 Å². The van der Waals surface area contributed by atoms with Gasteiger partial charge in [-0.2, -0.15) is 0 Å². The Morgan fingerprint density at radius 1 is 0.848 bits per heavy atom. The van der Waals surface area contributed by atoms with Crippen LogP contribution in [-0.4, -0.2) is 42.2 Å². The molecule has 0 unspecified atom stereocenters. The average molecular weight is 446 g/mol. The van der Waals surface area contributed by atoms with Gasteiger partial charge in [-0.25, -0.2) is 4.79 Å². The van der Waals surface area contributed by atoms with Crippen molar-refractivity contribution in [2.75, 3.05) is 36.8 Å². The van der Waals surface area contributed by atoms with Crippen LogP contribution in [0.4, 0.5) is 17.1 Å². The third kappa shape index (κ3) is 7.65. The molecule has 3 N–H and O–H groups in total. The Labute approximate surface area is 197 Å². The first-order chi connectivity index (χ1) is 16.1. The molecule has 0 aliphatic rings. The molecule has 0 saturated carbocycles. The normalized spacial score (nSPS) is 10.9. The Morgan fingerprint density at radius 3 is 2.30 bits per heavy atom. The lowest BCUT2D eigenvalue weighted by atomic mass is 10.0. The standard InChI is InChI=1S/C28H35N3O2/c1-3-31(4-2)20-19-29-24-17-15-22(16-18-24)9-7-10-23-11-8-12-25(21-23)30-27-14-6-5-13-26(27)28(32)33/h5-6,8,11-18,21,29-30H,3-4,7,9-10,19-20H2,1-2H3,(H,32,33). The monoisotopic (exact) mass is 445 g/mol. The van der Waals surface area contributed by atoms with E-state index in [9.17, 15) is 9.90 Å². The number of anilines is 3. The molecule has 0 spiro atoms. The lowest BCUT2D eigenvalue weighted by Crippen LogP contribution is -2.28. The molecule has 0 radical (unpaired) electrons. The highest BCUT2D eigenvalue weighted by Crippen LogP contribution is 2.22. The van der Waals surface area contributed by atoms with Gasteiger partial charge in [-0.05, 0) is 79.9 Å². The molecule has 3 rings (SSSR count). The first kappa shape index (κ1) is 24.3. The zero-order chi connectivity index (χ0) is 23.5. The number of likely N-dealkylation sites (N-methyl/N-ethyl adjacent to an activating group) is 1. The quantitative estimate of drug-likeness (QED) is 0.299. The third-order valence-corrected chi connectivity index (χ3v) is 5.90. The van der Waals surface area contributed by atoms with E-state index in [1.54, 1.807) is 18.2 Å². The highest BCUT2D eigenvalue weighted by atomic mass is 16.4. The summed E-state index contributed by atoms with van der Waals surface area (Å²) in [6, 6.07) is 23.9. The maximum absolute atomic E-state index is 11.4. The third-order valence-electron chi connectivity index (χ3n) is 5.90. The molecule has 0 atom stereocenters. The molecule has 0 fully saturated rings. The van der Waals surface area contributed by atoms with Crippen molar-refractivity contribution in [3.05, 3.63) is 89.5 Å². The topological polar surface area (TPSA) is 64.6 Å². The molecule has 0 aliphatic carbocycles. The van der Waals surface area contributed by atoms with E-state index in [4.69, 9.17) is 0 Å². The van der Waals surface area contributed by atoms with E-state index in [-0.39, 0.29) is 5.56 Å². The fraction of sp³-hybridized carbons (Fsp3) is 0.321. The number of benzene rings is 3. The number of para-hydroxylation sites is 1. The van der Waals surface area contributed by atoms with Gasteiger partial charge in [-0.1, -0.05) is 50.2 Å². The van der Waals surface area contributed by atoms with E-state index in [0.717, 1.165) is 51.1 Å². The van der Waals surface area contributed by atoms with Crippen LogP contribution < -0.4 is 10.6 Å². The summed E-state index contributed by atoms with van der Waals surface area (Å²) in [5.74, 6) is -0.931. The lowest BCUT2D eigenvalue weighted by Gasteiger charge is -2.18. The molecule has 3 aromatic carbocycles. The molecule has 0 heterocycles. The molecule has 0 saturated heterocycles. The van der Waals surface area contributed by atoms with Crippen molar-refractivity contribution in [1.82, 2.24) is 4.90 Å². The van der Waals surface area contributed by atoms with Gasteiger partial charge in [0.25, 0.3) is 0 Å². The van der Waals surface area contributed by atoms with Gasteiger partial charge in [0.15, 0.2) is 0 Å². The minimum atomic E-state index is -0.931. The lowest BCUT2D eigenvalue weighted by molar-refractivity contribution is 0.0698. The van der Waals surface area contributed by atoms with Crippen LogP contribution in [0.5, 0.6) is 0 Å². The van der Waals surface area contributed by atoms with E-state index in [0.29, 0.717) is 5.69 Å². The number of carboxylic acids is 1. The maximum Gasteiger partial charge on any atom is 0.337 e. The van der Waals surface area contributed by atoms with E-state index in [2.05, 4.69) is 65.8 Å². The summed E-state index contributed by atoms with van der Waals surface area (Å²) in [5, 5.41) is 16.1.